The third-order valence-corrected chi connectivity index (χ3v) is 3.27. The highest BCUT2D eigenvalue weighted by atomic mass is 16.6. The normalized spacial score (nSPS) is 19.2. The monoisotopic (exact) mass is 296 g/mol. The number of nitrogens with zero attached hydrogens (tertiary/aromatic N) is 2. The SMILES string of the molecule is COc1ccc(CN2CCOC(C(=O)O)C2)cc1[N+](=O)[O-]. The van der Waals surface area contributed by atoms with Crippen LogP contribution in [0.5, 0.6) is 5.75 Å². The van der Waals surface area contributed by atoms with Crippen LogP contribution in [-0.2, 0) is 16.1 Å². The van der Waals surface area contributed by atoms with Crippen LogP contribution in [0.2, 0.25) is 0 Å². The molecule has 1 atom stereocenters. The second-order valence-corrected chi connectivity index (χ2v) is 4.70. The molecule has 8 heteroatoms. The lowest BCUT2D eigenvalue weighted by Gasteiger charge is -2.30. The molecule has 1 N–H and O–H groups in total. The van der Waals surface area contributed by atoms with Crippen LogP contribution >= 0.6 is 0 Å². The van der Waals surface area contributed by atoms with Gasteiger partial charge in [-0.15, -0.1) is 0 Å². The first-order chi connectivity index (χ1) is 10.0. The van der Waals surface area contributed by atoms with Gasteiger partial charge in [-0.05, 0) is 11.6 Å². The molecule has 1 aromatic rings. The van der Waals surface area contributed by atoms with E-state index in [2.05, 4.69) is 0 Å². The number of methoxy groups -OCH3 is 1. The first-order valence-corrected chi connectivity index (χ1v) is 6.39. The molecule has 1 heterocycles. The Morgan fingerprint density at radius 2 is 2.38 bits per heavy atom. The molecule has 0 spiro atoms. The number of carbonyl (C=O) groups is 1. The van der Waals surface area contributed by atoms with Crippen molar-refractivity contribution in [3.8, 4) is 5.75 Å². The fourth-order valence-electron chi connectivity index (χ4n) is 2.23. The van der Waals surface area contributed by atoms with E-state index in [9.17, 15) is 14.9 Å². The largest absolute Gasteiger partial charge is 0.490 e. The number of hydrogen-bond acceptors (Lipinski definition) is 6. The number of carboxylic acids is 1. The maximum Gasteiger partial charge on any atom is 0.334 e. The molecule has 0 saturated carbocycles. The van der Waals surface area contributed by atoms with E-state index in [0.717, 1.165) is 5.56 Å². The Bertz CT molecular complexity index is 547. The quantitative estimate of drug-likeness (QED) is 0.635. The second kappa shape index (κ2) is 6.51. The molecule has 2 rings (SSSR count). The van der Waals surface area contributed by atoms with Crippen LogP contribution in [0.1, 0.15) is 5.56 Å². The van der Waals surface area contributed by atoms with Gasteiger partial charge < -0.3 is 14.6 Å². The molecule has 1 aliphatic heterocycles. The molecule has 1 fully saturated rings. The standard InChI is InChI=1S/C13H16N2O6/c1-20-11-3-2-9(6-10(11)15(18)19)7-14-4-5-21-12(8-14)13(16)17/h2-3,6,12H,4-5,7-8H2,1H3,(H,16,17). The maximum atomic E-state index is 11.0. The molecule has 8 nitrogen and oxygen atoms in total. The van der Waals surface area contributed by atoms with Crippen LogP contribution in [0.15, 0.2) is 18.2 Å². The summed E-state index contributed by atoms with van der Waals surface area (Å²) in [6.07, 6.45) is -0.855. The number of aliphatic carboxylic acids is 1. The highest BCUT2D eigenvalue weighted by molar-refractivity contribution is 5.72. The molecule has 114 valence electrons. The number of benzene rings is 1. The molecule has 1 aromatic carbocycles. The van der Waals surface area contributed by atoms with Crippen molar-refractivity contribution in [2.75, 3.05) is 26.8 Å². The molecular weight excluding hydrogens is 280 g/mol. The Kier molecular flexibility index (Phi) is 4.71. The molecule has 0 aliphatic carbocycles. The molecule has 1 aliphatic rings. The Morgan fingerprint density at radius 1 is 1.62 bits per heavy atom. The first-order valence-electron chi connectivity index (χ1n) is 6.39. The predicted octanol–water partition coefficient (Wildman–Crippen LogP) is 0.889. The topological polar surface area (TPSA) is 102 Å². The Labute approximate surface area is 121 Å². The smallest absolute Gasteiger partial charge is 0.334 e. The summed E-state index contributed by atoms with van der Waals surface area (Å²) in [5, 5.41) is 19.9. The van der Waals surface area contributed by atoms with Crippen LogP contribution in [-0.4, -0.2) is 53.8 Å². The number of nitro groups is 1. The molecule has 21 heavy (non-hydrogen) atoms. The highest BCUT2D eigenvalue weighted by Gasteiger charge is 2.26. The zero-order chi connectivity index (χ0) is 15.4. The summed E-state index contributed by atoms with van der Waals surface area (Å²) in [6.45, 7) is 1.60. The zero-order valence-electron chi connectivity index (χ0n) is 11.5. The van der Waals surface area contributed by atoms with E-state index in [1.54, 1.807) is 12.1 Å². The van der Waals surface area contributed by atoms with Gasteiger partial charge in [0.15, 0.2) is 11.9 Å². The van der Waals surface area contributed by atoms with Crippen LogP contribution in [0.4, 0.5) is 5.69 Å². The summed E-state index contributed by atoms with van der Waals surface area (Å²) in [5.74, 6) is -0.797. The van der Waals surface area contributed by atoms with Crippen molar-refractivity contribution in [2.45, 2.75) is 12.6 Å². The van der Waals surface area contributed by atoms with Crippen molar-refractivity contribution in [1.29, 1.82) is 0 Å². The molecule has 0 aromatic heterocycles. The van der Waals surface area contributed by atoms with E-state index >= 15 is 0 Å². The number of rotatable bonds is 5. The van der Waals surface area contributed by atoms with Gasteiger partial charge in [-0.3, -0.25) is 15.0 Å². The minimum Gasteiger partial charge on any atom is -0.490 e. The number of carboxylic acid groups (broad SMARTS) is 1. The van der Waals surface area contributed by atoms with E-state index in [0.29, 0.717) is 19.7 Å². The fraction of sp³-hybridized carbons (Fsp3) is 0.462. The van der Waals surface area contributed by atoms with Crippen LogP contribution in [0.25, 0.3) is 0 Å². The fourth-order valence-corrected chi connectivity index (χ4v) is 2.23. The van der Waals surface area contributed by atoms with E-state index < -0.39 is 17.0 Å². The minimum atomic E-state index is -1.000. The average Bonchev–Trinajstić information content (AvgIpc) is 2.47. The first kappa shape index (κ1) is 15.2. The summed E-state index contributed by atoms with van der Waals surface area (Å²) < 4.78 is 10.1. The molecule has 0 bridgehead atoms. The average molecular weight is 296 g/mol. The summed E-state index contributed by atoms with van der Waals surface area (Å²) in [4.78, 5) is 23.3. The van der Waals surface area contributed by atoms with E-state index in [1.165, 1.54) is 13.2 Å². The Hall–Kier alpha value is -2.19. The van der Waals surface area contributed by atoms with Gasteiger partial charge in [0.25, 0.3) is 0 Å². The van der Waals surface area contributed by atoms with Crippen molar-refractivity contribution in [1.82, 2.24) is 4.90 Å². The third kappa shape index (κ3) is 3.67. The van der Waals surface area contributed by atoms with Crippen molar-refractivity contribution < 1.29 is 24.3 Å². The van der Waals surface area contributed by atoms with Gasteiger partial charge in [-0.25, -0.2) is 4.79 Å². The lowest BCUT2D eigenvalue weighted by molar-refractivity contribution is -0.385. The van der Waals surface area contributed by atoms with Gasteiger partial charge >= 0.3 is 11.7 Å². The van der Waals surface area contributed by atoms with Crippen LogP contribution < -0.4 is 4.74 Å². The summed E-state index contributed by atoms with van der Waals surface area (Å²) in [5.41, 5.74) is 0.631. The molecule has 1 unspecified atom stereocenters. The van der Waals surface area contributed by atoms with Gasteiger partial charge in [0.1, 0.15) is 0 Å². The van der Waals surface area contributed by atoms with E-state index in [1.807, 2.05) is 4.90 Å². The van der Waals surface area contributed by atoms with Gasteiger partial charge in [-0.1, -0.05) is 6.07 Å². The summed E-state index contributed by atoms with van der Waals surface area (Å²) in [6, 6.07) is 4.73. The molecule has 0 amide bonds. The van der Waals surface area contributed by atoms with Gasteiger partial charge in [0.05, 0.1) is 18.6 Å². The predicted molar refractivity (Wildman–Crippen MR) is 72.3 cm³/mol. The van der Waals surface area contributed by atoms with Crippen molar-refractivity contribution >= 4 is 11.7 Å². The lowest BCUT2D eigenvalue weighted by Crippen LogP contribution is -2.45. The minimum absolute atomic E-state index is 0.0990. The highest BCUT2D eigenvalue weighted by Crippen LogP contribution is 2.28. The molecule has 1 saturated heterocycles. The molecular formula is C13H16N2O6. The summed E-state index contributed by atoms with van der Waals surface area (Å²) in [7, 11) is 1.38. The van der Waals surface area contributed by atoms with Crippen LogP contribution in [0.3, 0.4) is 0 Å². The maximum absolute atomic E-state index is 11.0. The van der Waals surface area contributed by atoms with Gasteiger partial charge in [-0.2, -0.15) is 0 Å². The van der Waals surface area contributed by atoms with Crippen molar-refractivity contribution in [3.05, 3.63) is 33.9 Å². The Morgan fingerprint density at radius 3 is 3.00 bits per heavy atom. The van der Waals surface area contributed by atoms with Crippen LogP contribution in [0, 0.1) is 10.1 Å². The van der Waals surface area contributed by atoms with Gasteiger partial charge in [0, 0.05) is 25.7 Å². The zero-order valence-corrected chi connectivity index (χ0v) is 11.5. The van der Waals surface area contributed by atoms with E-state index in [4.69, 9.17) is 14.6 Å². The van der Waals surface area contributed by atoms with Crippen molar-refractivity contribution in [3.63, 3.8) is 0 Å². The third-order valence-electron chi connectivity index (χ3n) is 3.27. The second-order valence-electron chi connectivity index (χ2n) is 4.70. The Balaban J connectivity index is 2.10. The number of nitro benzene ring substituents is 1. The molecule has 0 radical (unpaired) electrons. The summed E-state index contributed by atoms with van der Waals surface area (Å²) >= 11 is 0. The number of ether oxygens (including phenoxy) is 2. The van der Waals surface area contributed by atoms with Gasteiger partial charge in [0.2, 0.25) is 0 Å². The van der Waals surface area contributed by atoms with Crippen molar-refractivity contribution in [2.24, 2.45) is 0 Å². The lowest BCUT2D eigenvalue weighted by atomic mass is 10.1. The number of morpholine rings is 1. The number of hydrogen-bond donors (Lipinski definition) is 1. The van der Waals surface area contributed by atoms with E-state index in [-0.39, 0.29) is 18.0 Å².